The molecule has 0 aliphatic heterocycles. The molecule has 0 aromatic carbocycles. The lowest BCUT2D eigenvalue weighted by molar-refractivity contribution is -0.0129. The highest BCUT2D eigenvalue weighted by Gasteiger charge is 2.02. The fourth-order valence-corrected chi connectivity index (χ4v) is 3.33. The first kappa shape index (κ1) is 32.7. The highest BCUT2D eigenvalue weighted by atomic mass is 32.3. The van der Waals surface area contributed by atoms with Crippen LogP contribution >= 0.6 is 0 Å². The minimum atomic E-state index is -4.40. The average molecular weight is 501 g/mol. The quantitative estimate of drug-likeness (QED) is 0.125. The van der Waals surface area contributed by atoms with Crippen LogP contribution in [0.4, 0.5) is 0 Å². The molecule has 0 fully saturated rings. The van der Waals surface area contributed by atoms with Crippen molar-refractivity contribution in [3.05, 3.63) is 0 Å². The molecule has 0 aliphatic rings. The maximum Gasteiger partial charge on any atom is 0.397 e. The Kier molecular flexibility index (Phi) is 26.0. The van der Waals surface area contributed by atoms with Crippen LogP contribution in [0.15, 0.2) is 0 Å². The minimum absolute atomic E-state index is 0.0556. The molecule has 0 radical (unpaired) electrons. The molecule has 9 nitrogen and oxygen atoms in total. The van der Waals surface area contributed by atoms with Crippen LogP contribution in [0, 0.1) is 0 Å². The number of hydrogen-bond acceptors (Lipinski definition) is 8. The van der Waals surface area contributed by atoms with E-state index in [2.05, 4.69) is 11.1 Å². The van der Waals surface area contributed by atoms with Gasteiger partial charge in [-0.3, -0.25) is 4.55 Å². The summed E-state index contributed by atoms with van der Waals surface area (Å²) in [6, 6.07) is 0. The Balaban J connectivity index is 3.04. The van der Waals surface area contributed by atoms with Crippen LogP contribution in [0.5, 0.6) is 0 Å². The van der Waals surface area contributed by atoms with Gasteiger partial charge in [-0.05, 0) is 6.42 Å². The van der Waals surface area contributed by atoms with Crippen LogP contribution in [0.3, 0.4) is 0 Å². The topological polar surface area (TPSA) is 110 Å². The van der Waals surface area contributed by atoms with Gasteiger partial charge in [0.05, 0.1) is 66.1 Å². The van der Waals surface area contributed by atoms with Crippen molar-refractivity contribution < 1.29 is 40.8 Å². The third-order valence-electron chi connectivity index (χ3n) is 4.84. The summed E-state index contributed by atoms with van der Waals surface area (Å²) in [5, 5.41) is 0. The Labute approximate surface area is 201 Å². The molecule has 0 amide bonds. The summed E-state index contributed by atoms with van der Waals surface area (Å²) in [6.45, 7) is 6.70. The van der Waals surface area contributed by atoms with Gasteiger partial charge < -0.3 is 23.7 Å². The molecule has 0 rings (SSSR count). The maximum atomic E-state index is 10.3. The van der Waals surface area contributed by atoms with Crippen molar-refractivity contribution >= 4 is 10.4 Å². The van der Waals surface area contributed by atoms with Crippen molar-refractivity contribution in [1.82, 2.24) is 0 Å². The van der Waals surface area contributed by atoms with E-state index in [1.54, 1.807) is 0 Å². The molecule has 0 aliphatic carbocycles. The second kappa shape index (κ2) is 26.3. The second-order valence-corrected chi connectivity index (χ2v) is 8.94. The zero-order chi connectivity index (χ0) is 24.3. The highest BCUT2D eigenvalue weighted by Crippen LogP contribution is 2.11. The highest BCUT2D eigenvalue weighted by molar-refractivity contribution is 7.80. The van der Waals surface area contributed by atoms with Gasteiger partial charge in [0.2, 0.25) is 0 Å². The number of ether oxygens (including phenoxy) is 5. The van der Waals surface area contributed by atoms with Crippen molar-refractivity contribution in [2.24, 2.45) is 0 Å². The molecular formula is C23H48O9S. The first-order chi connectivity index (χ1) is 16.1. The molecule has 0 saturated heterocycles. The van der Waals surface area contributed by atoms with E-state index in [9.17, 15) is 8.42 Å². The van der Waals surface area contributed by atoms with Gasteiger partial charge in [-0.1, -0.05) is 71.1 Å². The first-order valence-electron chi connectivity index (χ1n) is 12.6. The fourth-order valence-electron chi connectivity index (χ4n) is 3.05. The van der Waals surface area contributed by atoms with Crippen LogP contribution in [0.1, 0.15) is 77.6 Å². The summed E-state index contributed by atoms with van der Waals surface area (Å²) in [6.07, 6.45) is 14.7. The second-order valence-electron chi connectivity index (χ2n) is 7.85. The van der Waals surface area contributed by atoms with Crippen LogP contribution in [-0.2, 0) is 38.3 Å². The van der Waals surface area contributed by atoms with E-state index in [0.29, 0.717) is 52.9 Å². The molecule has 0 spiro atoms. The minimum Gasteiger partial charge on any atom is -0.379 e. The molecule has 0 atom stereocenters. The zero-order valence-corrected chi connectivity index (χ0v) is 21.5. The van der Waals surface area contributed by atoms with Crippen molar-refractivity contribution in [3.63, 3.8) is 0 Å². The largest absolute Gasteiger partial charge is 0.397 e. The summed E-state index contributed by atoms with van der Waals surface area (Å²) >= 11 is 0. The van der Waals surface area contributed by atoms with E-state index in [1.807, 2.05) is 0 Å². The van der Waals surface area contributed by atoms with E-state index < -0.39 is 10.4 Å². The molecule has 0 unspecified atom stereocenters. The molecular weight excluding hydrogens is 452 g/mol. The van der Waals surface area contributed by atoms with Gasteiger partial charge in [-0.25, -0.2) is 4.18 Å². The predicted molar refractivity (Wildman–Crippen MR) is 128 cm³/mol. The molecule has 0 aromatic rings. The van der Waals surface area contributed by atoms with Crippen LogP contribution in [0.2, 0.25) is 0 Å². The molecule has 33 heavy (non-hydrogen) atoms. The van der Waals surface area contributed by atoms with E-state index in [1.165, 1.54) is 64.2 Å². The first-order valence-corrected chi connectivity index (χ1v) is 13.9. The lowest BCUT2D eigenvalue weighted by atomic mass is 10.1. The van der Waals surface area contributed by atoms with Crippen molar-refractivity contribution in [1.29, 1.82) is 0 Å². The Bertz CT molecular complexity index is 475. The Morgan fingerprint density at radius 2 is 0.758 bits per heavy atom. The number of hydrogen-bond donors (Lipinski definition) is 1. The SMILES string of the molecule is CCCCCCCCCCCCCOCCOCCOCCOCCOCCOS(=O)(=O)O. The molecule has 200 valence electrons. The average Bonchev–Trinajstić information content (AvgIpc) is 2.78. The van der Waals surface area contributed by atoms with E-state index >= 15 is 0 Å². The standard InChI is InChI=1S/C23H48O9S/c1-2-3-4-5-6-7-8-9-10-11-12-13-27-14-15-28-16-17-29-18-19-30-20-21-31-22-23-32-33(24,25)26/h2-23H2,1H3,(H,24,25,26). The number of unbranched alkanes of at least 4 members (excludes halogenated alkanes) is 10. The Hall–Kier alpha value is -0.330. The number of rotatable bonds is 28. The van der Waals surface area contributed by atoms with Gasteiger partial charge >= 0.3 is 10.4 Å². The van der Waals surface area contributed by atoms with Gasteiger partial charge in [0.25, 0.3) is 0 Å². The fraction of sp³-hybridized carbons (Fsp3) is 1.00. The van der Waals surface area contributed by atoms with Crippen molar-refractivity contribution in [3.8, 4) is 0 Å². The van der Waals surface area contributed by atoms with E-state index in [-0.39, 0.29) is 13.2 Å². The van der Waals surface area contributed by atoms with Crippen LogP contribution in [0.25, 0.3) is 0 Å². The molecule has 10 heteroatoms. The summed E-state index contributed by atoms with van der Waals surface area (Å²) in [5.41, 5.74) is 0. The summed E-state index contributed by atoms with van der Waals surface area (Å²) in [5.74, 6) is 0. The van der Waals surface area contributed by atoms with Gasteiger partial charge in [-0.2, -0.15) is 8.42 Å². The van der Waals surface area contributed by atoms with E-state index in [4.69, 9.17) is 28.2 Å². The third kappa shape index (κ3) is 31.7. The molecule has 0 bridgehead atoms. The molecule has 1 N–H and O–H groups in total. The lowest BCUT2D eigenvalue weighted by Crippen LogP contribution is -2.14. The smallest absolute Gasteiger partial charge is 0.379 e. The maximum absolute atomic E-state index is 10.3. The molecule has 0 heterocycles. The Morgan fingerprint density at radius 3 is 1.12 bits per heavy atom. The third-order valence-corrected chi connectivity index (χ3v) is 5.30. The van der Waals surface area contributed by atoms with Gasteiger partial charge in [0.1, 0.15) is 0 Å². The molecule has 0 saturated carbocycles. The summed E-state index contributed by atoms with van der Waals surface area (Å²) in [7, 11) is -4.40. The summed E-state index contributed by atoms with van der Waals surface area (Å²) in [4.78, 5) is 0. The van der Waals surface area contributed by atoms with Gasteiger partial charge in [0, 0.05) is 6.61 Å². The van der Waals surface area contributed by atoms with Gasteiger partial charge in [0.15, 0.2) is 0 Å². The molecule has 0 aromatic heterocycles. The van der Waals surface area contributed by atoms with Crippen LogP contribution in [-0.4, -0.2) is 85.6 Å². The normalized spacial score (nSPS) is 11.9. The lowest BCUT2D eigenvalue weighted by Gasteiger charge is -2.08. The van der Waals surface area contributed by atoms with Gasteiger partial charge in [-0.15, -0.1) is 0 Å². The van der Waals surface area contributed by atoms with Crippen molar-refractivity contribution in [2.75, 3.05) is 72.7 Å². The predicted octanol–water partition coefficient (Wildman–Crippen LogP) is 4.20. The van der Waals surface area contributed by atoms with E-state index in [0.717, 1.165) is 13.0 Å². The summed E-state index contributed by atoms with van der Waals surface area (Å²) < 4.78 is 59.9. The monoisotopic (exact) mass is 500 g/mol. The Morgan fingerprint density at radius 1 is 0.455 bits per heavy atom. The van der Waals surface area contributed by atoms with Crippen LogP contribution < -0.4 is 0 Å². The van der Waals surface area contributed by atoms with Crippen molar-refractivity contribution in [2.45, 2.75) is 77.6 Å². The zero-order valence-electron chi connectivity index (χ0n) is 20.7.